The van der Waals surface area contributed by atoms with Crippen LogP contribution in [0.2, 0.25) is 0 Å². The summed E-state index contributed by atoms with van der Waals surface area (Å²) < 4.78 is 162. The van der Waals surface area contributed by atoms with Crippen LogP contribution in [0.3, 0.4) is 0 Å². The van der Waals surface area contributed by atoms with Crippen LogP contribution < -0.4 is 53.7 Å². The third kappa shape index (κ3) is 19.8. The zero-order valence-electron chi connectivity index (χ0n) is 66.9. The Morgan fingerprint density at radius 1 is 0.439 bits per heavy atom. The Balaban J connectivity index is 0.000000154. The van der Waals surface area contributed by atoms with Crippen molar-refractivity contribution in [3.05, 3.63) is 313 Å². The number of nitrogens with one attached hydrogen (secondary N) is 1. The van der Waals surface area contributed by atoms with Crippen LogP contribution in [0, 0.1) is 23.9 Å². The van der Waals surface area contributed by atoms with Gasteiger partial charge in [-0.1, -0.05) is 37.1 Å². The van der Waals surface area contributed by atoms with Crippen molar-refractivity contribution in [1.29, 1.82) is 0 Å². The standard InChI is InChI=1S/C32H29FN4O5S.C28H22BrFN4O5S.C24H21FN4O4S.C4H7.BrH.Zn/c1-41-24-11-8-21(9-12-24)20-36(31-7-4-16-34-35-31)43(39,40)25-13-14-28-23(17-25)10-15-32(38)37(28)29-19-27(33)26(18-30(29)42-2)22-5-3-6-22;1-38-20-8-5-18(6-9-20)17-33(27-4-3-13-31-32-27)40(36,37)21-10-11-24-19(14-21)7-12-28(35)34(24)25-16-23(30)22(29)15-26(25)39-2;1-33-22-13-18(15-4-2-5-15)19(25)14-21(22)29-20-9-8-17(12-16(20)7-10-24(29)30)34(31,32)28-23-6-3-11-26-27-23;1-2-4-3-1;;/h4,7-19,22H,3,5-6,20H2,1-2H3;3-16H,17H2,1-2H3;3,6-15H,2,4-5H2,1H3,(H,27,28);1H,2-4H2;1H;/q;;;-1;;+2/p-1. The Bertz CT molecular complexity index is 6730. The SMILES string of the molecule is COc1cc(C2CCC2)c(F)cc1-n1c(=O)ccc2cc(S(=O)(=O)Nc3cccnn3)ccc21.COc1ccc(CN(c2cccnn2)S(=O)(=O)c2ccc3c(ccc(=O)n3-c3cc(F)c(Br)cc3OC)c2)cc1.COc1ccc(CN(c2cccnn2)S(=O)(=O)c2ccc3c(ccc(=O)n3-c3cc(F)c(C4CCC4)cc3OC)c2)cc1.[CH-]1CCC1.[Zn+][Br]. The van der Waals surface area contributed by atoms with E-state index >= 15 is 8.78 Å². The first kappa shape index (κ1) is 89.0. The fourth-order valence-electron chi connectivity index (χ4n) is 13.9. The maximum atomic E-state index is 15.3. The zero-order chi connectivity index (χ0) is 87.3. The summed E-state index contributed by atoms with van der Waals surface area (Å²) in [7, 11) is -4.78. The van der Waals surface area contributed by atoms with Gasteiger partial charge in [-0.2, -0.15) is 28.1 Å². The van der Waals surface area contributed by atoms with Crippen molar-refractivity contribution in [2.45, 2.75) is 97.4 Å². The van der Waals surface area contributed by atoms with Gasteiger partial charge in [0.1, 0.15) is 46.2 Å². The third-order valence-corrected chi connectivity index (χ3v) is 26.4. The predicted octanol–water partition coefficient (Wildman–Crippen LogP) is 16.9. The van der Waals surface area contributed by atoms with E-state index < -0.39 is 64.2 Å². The second-order valence-corrected chi connectivity index (χ2v) is 34.5. The molecule has 17 rings (SSSR count). The fraction of sp³-hybridized carbons (Fsp3) is 0.205. The van der Waals surface area contributed by atoms with E-state index in [1.807, 2.05) is 0 Å². The first-order valence-electron chi connectivity index (χ1n) is 38.4. The molecule has 630 valence electrons. The Morgan fingerprint density at radius 2 is 0.797 bits per heavy atom. The van der Waals surface area contributed by atoms with E-state index in [0.29, 0.717) is 78.0 Å². The van der Waals surface area contributed by atoms with Gasteiger partial charge in [0.15, 0.2) is 17.5 Å². The molecule has 8 aromatic carbocycles. The zero-order valence-corrected chi connectivity index (χ0v) is 75.5. The molecule has 3 fully saturated rings. The van der Waals surface area contributed by atoms with E-state index in [-0.39, 0.29) is 84.3 Å². The molecule has 0 radical (unpaired) electrons. The molecule has 14 aromatic rings. The number of anilines is 3. The summed E-state index contributed by atoms with van der Waals surface area (Å²) in [5, 5.41) is 24.6. The number of pyridine rings is 3. The van der Waals surface area contributed by atoms with Gasteiger partial charge >= 0.3 is 30.0 Å². The van der Waals surface area contributed by atoms with Crippen LogP contribution in [0.4, 0.5) is 30.6 Å². The Hall–Kier alpha value is -11.7. The number of hydrogen-bond donors (Lipinski definition) is 1. The number of sulfonamides is 3. The maximum absolute atomic E-state index is 15.3. The molecule has 3 aliphatic rings. The molecule has 0 saturated heterocycles. The molecule has 26 nitrogen and oxygen atoms in total. The summed E-state index contributed by atoms with van der Waals surface area (Å²) in [6, 6.07) is 53.7. The topological polar surface area (TPSA) is 310 Å². The number of fused-ring (bicyclic) bond motifs is 3. The molecule has 3 saturated carbocycles. The monoisotopic (exact) mass is 1900 g/mol. The number of benzene rings is 8. The van der Waals surface area contributed by atoms with Gasteiger partial charge in [0.2, 0.25) is 0 Å². The van der Waals surface area contributed by atoms with E-state index in [9.17, 15) is 44.0 Å². The van der Waals surface area contributed by atoms with Gasteiger partial charge in [0, 0.05) is 71.1 Å². The van der Waals surface area contributed by atoms with Crippen LogP contribution in [0.1, 0.15) is 91.9 Å². The molecule has 0 atom stereocenters. The first-order valence-corrected chi connectivity index (χ1v) is 50.5. The number of aromatic nitrogens is 9. The van der Waals surface area contributed by atoms with Gasteiger partial charge in [0.25, 0.3) is 46.7 Å². The third-order valence-electron chi connectivity index (χ3n) is 20.9. The molecule has 6 heterocycles. The molecular weight excluding hydrogens is 1830 g/mol. The second-order valence-electron chi connectivity index (χ2n) is 28.3. The Labute approximate surface area is 731 Å². The summed E-state index contributed by atoms with van der Waals surface area (Å²) in [6.07, 6.45) is 16.6. The van der Waals surface area contributed by atoms with Crippen LogP contribution in [0.5, 0.6) is 28.7 Å². The second kappa shape index (κ2) is 39.6. The average molecular weight is 1910 g/mol. The molecule has 0 amide bonds. The van der Waals surface area contributed by atoms with Crippen LogP contribution in [-0.4, -0.2) is 105 Å². The number of halogens is 5. The number of hydrogen-bond acceptors (Lipinski definition) is 20. The molecular formula is C88H79Br2F3N12O14S3Zn. The summed E-state index contributed by atoms with van der Waals surface area (Å²) in [4.78, 5) is 38.9. The van der Waals surface area contributed by atoms with Crippen molar-refractivity contribution in [2.75, 3.05) is 48.9 Å². The van der Waals surface area contributed by atoms with E-state index in [1.165, 1.54) is 203 Å². The summed E-state index contributed by atoms with van der Waals surface area (Å²) in [5.74, 6) is 1.56. The molecule has 6 aromatic heterocycles. The minimum absolute atomic E-state index is 0.00757. The number of nitrogens with zero attached hydrogens (tertiary/aromatic N) is 11. The van der Waals surface area contributed by atoms with Crippen molar-refractivity contribution in [3.8, 4) is 45.8 Å². The van der Waals surface area contributed by atoms with E-state index in [0.717, 1.165) is 42.8 Å². The van der Waals surface area contributed by atoms with Gasteiger partial charge in [-0.25, -0.2) is 47.0 Å². The van der Waals surface area contributed by atoms with Crippen LogP contribution >= 0.6 is 29.6 Å². The van der Waals surface area contributed by atoms with Gasteiger partial charge in [-0.3, -0.25) is 32.8 Å². The molecule has 1 N–H and O–H groups in total. The number of rotatable bonds is 23. The van der Waals surface area contributed by atoms with Gasteiger partial charge in [0.05, 0.1) is 101 Å². The molecule has 0 aliphatic heterocycles. The summed E-state index contributed by atoms with van der Waals surface area (Å²) in [6.45, 7) is -0.0235. The normalized spacial score (nSPS) is 13.1. The summed E-state index contributed by atoms with van der Waals surface area (Å²) in [5.41, 5.74) is 3.21. The van der Waals surface area contributed by atoms with E-state index in [1.54, 1.807) is 117 Å². The Morgan fingerprint density at radius 3 is 1.13 bits per heavy atom. The van der Waals surface area contributed by atoms with Crippen LogP contribution in [-0.2, 0) is 59.5 Å². The quantitative estimate of drug-likeness (QED) is 0.0459. The molecule has 35 heteroatoms. The van der Waals surface area contributed by atoms with E-state index in [2.05, 4.69) is 71.3 Å². The Kier molecular flexibility index (Phi) is 28.7. The molecule has 0 spiro atoms. The van der Waals surface area contributed by atoms with Crippen molar-refractivity contribution in [3.63, 3.8) is 0 Å². The minimum atomic E-state index is -4.15. The first-order chi connectivity index (χ1) is 59.4. The van der Waals surface area contributed by atoms with Gasteiger partial charge in [-0.15, -0.1) is 21.7 Å². The molecule has 0 bridgehead atoms. The van der Waals surface area contributed by atoms with Gasteiger partial charge < -0.3 is 30.1 Å². The molecule has 0 unspecified atom stereocenters. The van der Waals surface area contributed by atoms with Crippen molar-refractivity contribution >= 4 is 110 Å². The number of ether oxygens (including phenoxy) is 5. The van der Waals surface area contributed by atoms with Crippen LogP contribution in [0.25, 0.3) is 49.8 Å². The van der Waals surface area contributed by atoms with E-state index in [4.69, 9.17) is 23.7 Å². The molecule has 3 aliphatic carbocycles. The van der Waals surface area contributed by atoms with Crippen molar-refractivity contribution in [2.24, 2.45) is 0 Å². The predicted molar refractivity (Wildman–Crippen MR) is 466 cm³/mol. The van der Waals surface area contributed by atoms with Crippen molar-refractivity contribution < 1.29 is 78.5 Å². The molecule has 123 heavy (non-hydrogen) atoms. The van der Waals surface area contributed by atoms with Gasteiger partial charge in [-0.05, 0) is 227 Å². The number of methoxy groups -OCH3 is 5. The fourth-order valence-corrected chi connectivity index (χ4v) is 18.1. The average Bonchev–Trinajstić information content (AvgIpc) is 0.760. The van der Waals surface area contributed by atoms with Crippen LogP contribution in [0.15, 0.2) is 264 Å². The summed E-state index contributed by atoms with van der Waals surface area (Å²) >= 11 is 7.38. The van der Waals surface area contributed by atoms with Crippen molar-refractivity contribution in [1.82, 2.24) is 44.3 Å².